The van der Waals surface area contributed by atoms with Gasteiger partial charge in [-0.15, -0.1) is 0 Å². The van der Waals surface area contributed by atoms with Gasteiger partial charge in [0.25, 0.3) is 0 Å². The van der Waals surface area contributed by atoms with Crippen molar-refractivity contribution in [2.45, 2.75) is 6.42 Å². The summed E-state index contributed by atoms with van der Waals surface area (Å²) in [5.41, 5.74) is 0.549. The summed E-state index contributed by atoms with van der Waals surface area (Å²) in [5, 5.41) is 3.36. The number of carbonyl (C=O) groups excluding carboxylic acids is 1. The summed E-state index contributed by atoms with van der Waals surface area (Å²) in [6.07, 6.45) is 0.447. The number of Topliss-reactive ketones (excluding diaryl/α,β-unsaturated/α-hetero) is 1. The minimum atomic E-state index is 0.0389. The van der Waals surface area contributed by atoms with E-state index in [1.54, 1.807) is 25.3 Å². The van der Waals surface area contributed by atoms with Crippen molar-refractivity contribution in [1.29, 1.82) is 0 Å². The second kappa shape index (κ2) is 5.73. The van der Waals surface area contributed by atoms with Crippen LogP contribution in [0.2, 0.25) is 5.02 Å². The van der Waals surface area contributed by atoms with Gasteiger partial charge >= 0.3 is 0 Å². The number of nitrogens with one attached hydrogen (secondary N) is 1. The quantitative estimate of drug-likeness (QED) is 0.784. The summed E-state index contributed by atoms with van der Waals surface area (Å²) in [6.45, 7) is 0.654. The van der Waals surface area contributed by atoms with E-state index < -0.39 is 0 Å². The van der Waals surface area contributed by atoms with Gasteiger partial charge in [-0.05, 0) is 25.2 Å². The third-order valence-electron chi connectivity index (χ3n) is 2.08. The maximum absolute atomic E-state index is 11.7. The largest absolute Gasteiger partial charge is 0.497 e. The summed E-state index contributed by atoms with van der Waals surface area (Å²) in [5.74, 6) is 0.696. The van der Waals surface area contributed by atoms with Gasteiger partial charge in [0.05, 0.1) is 12.1 Å². The lowest BCUT2D eigenvalue weighted by Gasteiger charge is -2.05. The fraction of sp³-hybridized carbons (Fsp3) is 0.364. The molecule has 0 aliphatic carbocycles. The molecule has 4 heteroatoms. The van der Waals surface area contributed by atoms with Crippen LogP contribution in [-0.4, -0.2) is 26.5 Å². The first-order valence-corrected chi connectivity index (χ1v) is 5.08. The van der Waals surface area contributed by atoms with Crippen molar-refractivity contribution in [3.05, 3.63) is 28.8 Å². The van der Waals surface area contributed by atoms with Gasteiger partial charge in [-0.3, -0.25) is 4.79 Å². The molecule has 0 saturated heterocycles. The van der Waals surface area contributed by atoms with E-state index in [4.69, 9.17) is 16.3 Å². The highest BCUT2D eigenvalue weighted by molar-refractivity contribution is 6.34. The molecule has 82 valence electrons. The molecule has 0 aromatic heterocycles. The minimum Gasteiger partial charge on any atom is -0.497 e. The number of methoxy groups -OCH3 is 1. The molecule has 3 nitrogen and oxygen atoms in total. The Labute approximate surface area is 94.4 Å². The van der Waals surface area contributed by atoms with Crippen molar-refractivity contribution in [3.8, 4) is 5.75 Å². The number of carbonyl (C=O) groups is 1. The SMILES string of the molecule is CNCCC(=O)c1ccc(OC)cc1Cl. The van der Waals surface area contributed by atoms with E-state index in [9.17, 15) is 4.79 Å². The van der Waals surface area contributed by atoms with Crippen LogP contribution in [0.3, 0.4) is 0 Å². The van der Waals surface area contributed by atoms with Crippen LogP contribution in [0.25, 0.3) is 0 Å². The lowest BCUT2D eigenvalue weighted by atomic mass is 10.1. The smallest absolute Gasteiger partial charge is 0.165 e. The number of ketones is 1. The Hall–Kier alpha value is -1.06. The number of benzene rings is 1. The molecular formula is C11H14ClNO2. The zero-order valence-electron chi connectivity index (χ0n) is 8.84. The van der Waals surface area contributed by atoms with Gasteiger partial charge in [-0.1, -0.05) is 11.6 Å². The monoisotopic (exact) mass is 227 g/mol. The Morgan fingerprint density at radius 1 is 1.53 bits per heavy atom. The molecule has 1 N–H and O–H groups in total. The van der Waals surface area contributed by atoms with Crippen LogP contribution in [0.15, 0.2) is 18.2 Å². The van der Waals surface area contributed by atoms with E-state index in [0.717, 1.165) is 0 Å². The highest BCUT2D eigenvalue weighted by atomic mass is 35.5. The fourth-order valence-electron chi connectivity index (χ4n) is 1.22. The molecule has 0 amide bonds. The van der Waals surface area contributed by atoms with Crippen LogP contribution >= 0.6 is 11.6 Å². The number of halogens is 1. The summed E-state index contributed by atoms with van der Waals surface area (Å²) >= 11 is 5.96. The number of rotatable bonds is 5. The average Bonchev–Trinajstić information content (AvgIpc) is 2.25. The molecule has 0 spiro atoms. The van der Waals surface area contributed by atoms with Crippen LogP contribution in [0.4, 0.5) is 0 Å². The van der Waals surface area contributed by atoms with Gasteiger partial charge in [0.2, 0.25) is 0 Å². The third-order valence-corrected chi connectivity index (χ3v) is 2.39. The Kier molecular flexibility index (Phi) is 4.59. The summed E-state index contributed by atoms with van der Waals surface area (Å²) in [7, 11) is 3.37. The Morgan fingerprint density at radius 2 is 2.27 bits per heavy atom. The maximum Gasteiger partial charge on any atom is 0.165 e. The second-order valence-electron chi connectivity index (χ2n) is 3.12. The van der Waals surface area contributed by atoms with Gasteiger partial charge in [-0.2, -0.15) is 0 Å². The van der Waals surface area contributed by atoms with E-state index in [0.29, 0.717) is 29.3 Å². The Bertz CT molecular complexity index is 352. The summed E-state index contributed by atoms with van der Waals surface area (Å²) in [4.78, 5) is 11.7. The van der Waals surface area contributed by atoms with Gasteiger partial charge in [0, 0.05) is 18.5 Å². The van der Waals surface area contributed by atoms with Gasteiger partial charge in [0.15, 0.2) is 5.78 Å². The van der Waals surface area contributed by atoms with E-state index >= 15 is 0 Å². The maximum atomic E-state index is 11.7. The lowest BCUT2D eigenvalue weighted by Crippen LogP contribution is -2.13. The van der Waals surface area contributed by atoms with E-state index in [1.807, 2.05) is 7.05 Å². The average molecular weight is 228 g/mol. The fourth-order valence-corrected chi connectivity index (χ4v) is 1.50. The van der Waals surface area contributed by atoms with Crippen LogP contribution in [-0.2, 0) is 0 Å². The minimum absolute atomic E-state index is 0.0389. The van der Waals surface area contributed by atoms with Gasteiger partial charge in [0.1, 0.15) is 5.75 Å². The number of ether oxygens (including phenoxy) is 1. The molecule has 0 aliphatic heterocycles. The van der Waals surface area contributed by atoms with Crippen molar-refractivity contribution in [2.24, 2.45) is 0 Å². The predicted molar refractivity (Wildman–Crippen MR) is 60.9 cm³/mol. The summed E-state index contributed by atoms with van der Waals surface area (Å²) in [6, 6.07) is 5.08. The topological polar surface area (TPSA) is 38.3 Å². The summed E-state index contributed by atoms with van der Waals surface area (Å²) < 4.78 is 5.00. The molecule has 0 fully saturated rings. The highest BCUT2D eigenvalue weighted by Gasteiger charge is 2.10. The highest BCUT2D eigenvalue weighted by Crippen LogP contribution is 2.23. The zero-order chi connectivity index (χ0) is 11.3. The molecular weight excluding hydrogens is 214 g/mol. The molecule has 0 saturated carbocycles. The molecule has 0 bridgehead atoms. The van der Waals surface area contributed by atoms with Crippen molar-refractivity contribution in [3.63, 3.8) is 0 Å². The molecule has 0 aliphatic rings. The molecule has 15 heavy (non-hydrogen) atoms. The van der Waals surface area contributed by atoms with Crippen molar-refractivity contribution in [2.75, 3.05) is 20.7 Å². The number of hydrogen-bond donors (Lipinski definition) is 1. The Morgan fingerprint density at radius 3 is 2.80 bits per heavy atom. The van der Waals surface area contributed by atoms with Crippen LogP contribution < -0.4 is 10.1 Å². The first-order chi connectivity index (χ1) is 7.19. The zero-order valence-corrected chi connectivity index (χ0v) is 9.60. The lowest BCUT2D eigenvalue weighted by molar-refractivity contribution is 0.0983. The first-order valence-electron chi connectivity index (χ1n) is 4.70. The van der Waals surface area contributed by atoms with E-state index in [1.165, 1.54) is 0 Å². The molecule has 0 radical (unpaired) electrons. The van der Waals surface area contributed by atoms with Gasteiger partial charge < -0.3 is 10.1 Å². The number of hydrogen-bond acceptors (Lipinski definition) is 3. The van der Waals surface area contributed by atoms with Crippen LogP contribution in [0.5, 0.6) is 5.75 Å². The predicted octanol–water partition coefficient (Wildman–Crippen LogP) is 2.14. The van der Waals surface area contributed by atoms with Gasteiger partial charge in [-0.25, -0.2) is 0 Å². The van der Waals surface area contributed by atoms with E-state index in [-0.39, 0.29) is 5.78 Å². The molecule has 1 rings (SSSR count). The van der Waals surface area contributed by atoms with E-state index in [2.05, 4.69) is 5.32 Å². The van der Waals surface area contributed by atoms with Crippen molar-refractivity contribution in [1.82, 2.24) is 5.32 Å². The second-order valence-corrected chi connectivity index (χ2v) is 3.53. The molecule has 0 heterocycles. The molecule has 1 aromatic carbocycles. The van der Waals surface area contributed by atoms with Crippen molar-refractivity contribution >= 4 is 17.4 Å². The van der Waals surface area contributed by atoms with Crippen molar-refractivity contribution < 1.29 is 9.53 Å². The Balaban J connectivity index is 2.81. The third kappa shape index (κ3) is 3.22. The molecule has 0 unspecified atom stereocenters. The molecule has 0 atom stereocenters. The first kappa shape index (κ1) is 12.0. The normalized spacial score (nSPS) is 10.1. The van der Waals surface area contributed by atoms with Crippen LogP contribution in [0.1, 0.15) is 16.8 Å². The van der Waals surface area contributed by atoms with Crippen LogP contribution in [0, 0.1) is 0 Å². The molecule has 1 aromatic rings. The standard InChI is InChI=1S/C11H14ClNO2/c1-13-6-5-11(14)9-4-3-8(15-2)7-10(9)12/h3-4,7,13H,5-6H2,1-2H3.